The first-order chi connectivity index (χ1) is 9.99. The van der Waals surface area contributed by atoms with Crippen molar-refractivity contribution in [3.8, 4) is 11.8 Å². The van der Waals surface area contributed by atoms with Gasteiger partial charge in [0.25, 0.3) is 0 Å². The van der Waals surface area contributed by atoms with Crippen molar-refractivity contribution >= 4 is 5.97 Å². The highest BCUT2D eigenvalue weighted by atomic mass is 19.4. The number of alkyl halides is 6. The molecule has 0 amide bonds. The van der Waals surface area contributed by atoms with Crippen LogP contribution < -0.4 is 4.74 Å². The van der Waals surface area contributed by atoms with Crippen LogP contribution in [0.5, 0.6) is 5.75 Å². The maximum atomic E-state index is 12.9. The number of carbonyl (C=O) groups excluding carboxylic acids is 1. The zero-order valence-corrected chi connectivity index (χ0v) is 10.8. The first-order valence-corrected chi connectivity index (χ1v) is 5.57. The van der Waals surface area contributed by atoms with Crippen LogP contribution in [0.2, 0.25) is 0 Å². The third kappa shape index (κ3) is 4.28. The van der Waals surface area contributed by atoms with Gasteiger partial charge in [0.05, 0.1) is 17.7 Å². The Labute approximate surface area is 119 Å². The summed E-state index contributed by atoms with van der Waals surface area (Å²) < 4.78 is 83.0. The molecule has 0 saturated carbocycles. The van der Waals surface area contributed by atoms with Crippen molar-refractivity contribution in [3.63, 3.8) is 0 Å². The number of carbonyl (C=O) groups is 1. The number of ether oxygens (including phenoxy) is 2. The molecule has 0 radical (unpaired) electrons. The number of hydrogen-bond donors (Lipinski definition) is 0. The average Bonchev–Trinajstić information content (AvgIpc) is 2.35. The van der Waals surface area contributed by atoms with Gasteiger partial charge in [-0.2, -0.15) is 18.4 Å². The minimum Gasteiger partial charge on any atom is -0.462 e. The highest BCUT2D eigenvalue weighted by Crippen LogP contribution is 2.41. The number of nitrogens with zero attached hydrogens (tertiary/aromatic N) is 1. The molecule has 1 rings (SSSR count). The molecule has 0 saturated heterocycles. The Kier molecular flexibility index (Phi) is 4.91. The van der Waals surface area contributed by atoms with Gasteiger partial charge in [-0.3, -0.25) is 0 Å². The van der Waals surface area contributed by atoms with Gasteiger partial charge in [-0.1, -0.05) is 0 Å². The van der Waals surface area contributed by atoms with Gasteiger partial charge in [0.2, 0.25) is 0 Å². The van der Waals surface area contributed by atoms with Gasteiger partial charge < -0.3 is 9.47 Å². The van der Waals surface area contributed by atoms with Gasteiger partial charge in [0.15, 0.2) is 5.75 Å². The van der Waals surface area contributed by atoms with E-state index >= 15 is 0 Å². The third-order valence-electron chi connectivity index (χ3n) is 2.24. The molecule has 10 heteroatoms. The van der Waals surface area contributed by atoms with Crippen LogP contribution in [-0.2, 0) is 10.9 Å². The number of halogens is 6. The second kappa shape index (κ2) is 6.13. The zero-order valence-electron chi connectivity index (χ0n) is 10.8. The Hall–Kier alpha value is -2.44. The first kappa shape index (κ1) is 17.6. The minimum absolute atomic E-state index is 0.139. The molecule has 0 N–H and O–H groups in total. The largest absolute Gasteiger partial charge is 0.573 e. The summed E-state index contributed by atoms with van der Waals surface area (Å²) in [6.07, 6.45) is -10.7. The number of rotatable bonds is 3. The van der Waals surface area contributed by atoms with Crippen molar-refractivity contribution in [2.75, 3.05) is 6.61 Å². The van der Waals surface area contributed by atoms with Crippen molar-refractivity contribution in [2.24, 2.45) is 0 Å². The highest BCUT2D eigenvalue weighted by molar-refractivity contribution is 5.90. The second-order valence-electron chi connectivity index (χ2n) is 3.78. The molecule has 1 aromatic rings. The number of esters is 1. The monoisotopic (exact) mass is 327 g/mol. The van der Waals surface area contributed by atoms with Crippen molar-refractivity contribution in [1.82, 2.24) is 0 Å². The van der Waals surface area contributed by atoms with E-state index in [2.05, 4.69) is 9.47 Å². The third-order valence-corrected chi connectivity index (χ3v) is 2.24. The van der Waals surface area contributed by atoms with E-state index in [4.69, 9.17) is 5.26 Å². The topological polar surface area (TPSA) is 59.3 Å². The van der Waals surface area contributed by atoms with E-state index in [0.717, 1.165) is 6.07 Å². The molecule has 0 aliphatic carbocycles. The van der Waals surface area contributed by atoms with Crippen LogP contribution in [0.15, 0.2) is 12.1 Å². The van der Waals surface area contributed by atoms with Crippen LogP contribution in [0.1, 0.15) is 28.4 Å². The Morgan fingerprint density at radius 2 is 1.82 bits per heavy atom. The number of benzene rings is 1. The van der Waals surface area contributed by atoms with Crippen LogP contribution in [0.4, 0.5) is 26.3 Å². The normalized spacial score (nSPS) is 11.7. The van der Waals surface area contributed by atoms with E-state index < -0.39 is 40.9 Å². The van der Waals surface area contributed by atoms with E-state index in [1.165, 1.54) is 6.92 Å². The summed E-state index contributed by atoms with van der Waals surface area (Å²) in [6, 6.07) is 1.81. The SMILES string of the molecule is CCOC(=O)c1cc(C#N)c(OC(F)(F)F)c(C(F)(F)F)c1. The molecule has 22 heavy (non-hydrogen) atoms. The maximum absolute atomic E-state index is 12.9. The lowest BCUT2D eigenvalue weighted by molar-refractivity contribution is -0.276. The van der Waals surface area contributed by atoms with Crippen molar-refractivity contribution in [1.29, 1.82) is 5.26 Å². The van der Waals surface area contributed by atoms with Crippen molar-refractivity contribution in [2.45, 2.75) is 19.5 Å². The van der Waals surface area contributed by atoms with Crippen molar-refractivity contribution < 1.29 is 40.6 Å². The summed E-state index contributed by atoms with van der Waals surface area (Å²) in [7, 11) is 0. The Balaban J connectivity index is 3.56. The van der Waals surface area contributed by atoms with Gasteiger partial charge in [-0.15, -0.1) is 13.2 Å². The van der Waals surface area contributed by atoms with Gasteiger partial charge in [-0.25, -0.2) is 4.79 Å². The van der Waals surface area contributed by atoms with Gasteiger partial charge in [0.1, 0.15) is 11.6 Å². The van der Waals surface area contributed by atoms with E-state index in [9.17, 15) is 31.1 Å². The summed E-state index contributed by atoms with van der Waals surface area (Å²) in [6.45, 7) is 1.22. The van der Waals surface area contributed by atoms with E-state index in [1.54, 1.807) is 0 Å². The fourth-order valence-electron chi connectivity index (χ4n) is 1.48. The summed E-state index contributed by atoms with van der Waals surface area (Å²) in [5.74, 6) is -2.92. The maximum Gasteiger partial charge on any atom is 0.573 e. The number of nitriles is 1. The molecular weight excluding hydrogens is 320 g/mol. The zero-order chi connectivity index (χ0) is 17.1. The van der Waals surface area contributed by atoms with E-state index in [1.807, 2.05) is 0 Å². The summed E-state index contributed by atoms with van der Waals surface area (Å²) in [5, 5.41) is 8.72. The van der Waals surface area contributed by atoms with E-state index in [0.29, 0.717) is 6.07 Å². The quantitative estimate of drug-likeness (QED) is 0.628. The molecule has 0 aliphatic heterocycles. The van der Waals surface area contributed by atoms with Crippen LogP contribution in [0.3, 0.4) is 0 Å². The van der Waals surface area contributed by atoms with E-state index in [-0.39, 0.29) is 12.7 Å². The molecule has 1 aromatic carbocycles. The standard InChI is InChI=1S/C12H7F6NO3/c1-2-21-10(20)6-3-7(5-19)9(22-12(16,17)18)8(4-6)11(13,14)15/h3-4H,2H2,1H3. The molecule has 0 aliphatic rings. The molecule has 0 aromatic heterocycles. The smallest absolute Gasteiger partial charge is 0.462 e. The summed E-state index contributed by atoms with van der Waals surface area (Å²) in [5.41, 5.74) is -3.69. The van der Waals surface area contributed by atoms with Crippen LogP contribution >= 0.6 is 0 Å². The average molecular weight is 327 g/mol. The van der Waals surface area contributed by atoms with Gasteiger partial charge in [-0.05, 0) is 19.1 Å². The number of hydrogen-bond acceptors (Lipinski definition) is 4. The van der Waals surface area contributed by atoms with Gasteiger partial charge >= 0.3 is 18.5 Å². The summed E-state index contributed by atoms with van der Waals surface area (Å²) in [4.78, 5) is 11.4. The lowest BCUT2D eigenvalue weighted by atomic mass is 10.0. The fraction of sp³-hybridized carbons (Fsp3) is 0.333. The molecule has 0 fully saturated rings. The second-order valence-corrected chi connectivity index (χ2v) is 3.78. The Morgan fingerprint density at radius 3 is 2.23 bits per heavy atom. The fourth-order valence-corrected chi connectivity index (χ4v) is 1.48. The van der Waals surface area contributed by atoms with Gasteiger partial charge in [0, 0.05) is 0 Å². The molecule has 0 atom stereocenters. The van der Waals surface area contributed by atoms with Crippen molar-refractivity contribution in [3.05, 3.63) is 28.8 Å². The lowest BCUT2D eigenvalue weighted by Crippen LogP contribution is -2.22. The molecule has 0 unspecified atom stereocenters. The molecule has 4 nitrogen and oxygen atoms in total. The van der Waals surface area contributed by atoms with Crippen LogP contribution in [0.25, 0.3) is 0 Å². The Morgan fingerprint density at radius 1 is 1.23 bits per heavy atom. The molecule has 120 valence electrons. The highest BCUT2D eigenvalue weighted by Gasteiger charge is 2.41. The predicted octanol–water partition coefficient (Wildman–Crippen LogP) is 3.65. The minimum atomic E-state index is -5.43. The molecule has 0 spiro atoms. The predicted molar refractivity (Wildman–Crippen MR) is 58.8 cm³/mol. The lowest BCUT2D eigenvalue weighted by Gasteiger charge is -2.17. The summed E-state index contributed by atoms with van der Waals surface area (Å²) >= 11 is 0. The Bertz CT molecular complexity index is 615. The molecule has 0 heterocycles. The molecule has 0 bridgehead atoms. The van der Waals surface area contributed by atoms with Crippen LogP contribution in [-0.4, -0.2) is 18.9 Å². The molecular formula is C12H7F6NO3. The van der Waals surface area contributed by atoms with Crippen LogP contribution in [0, 0.1) is 11.3 Å². The first-order valence-electron chi connectivity index (χ1n) is 5.57.